The highest BCUT2D eigenvalue weighted by atomic mass is 32.2. The molecule has 3 N–H and O–H groups in total. The van der Waals surface area contributed by atoms with E-state index in [1.54, 1.807) is 30.3 Å². The highest BCUT2D eigenvalue weighted by Gasteiger charge is 2.09. The molecule has 0 aliphatic heterocycles. The third-order valence-corrected chi connectivity index (χ3v) is 3.62. The zero-order valence-corrected chi connectivity index (χ0v) is 12.4. The van der Waals surface area contributed by atoms with Crippen LogP contribution in [0.2, 0.25) is 0 Å². The highest BCUT2D eigenvalue weighted by Crippen LogP contribution is 2.07. The number of amides is 1. The quantitative estimate of drug-likeness (QED) is 0.597. The number of primary sulfonamides is 1. The van der Waals surface area contributed by atoms with Crippen LogP contribution < -0.4 is 15.2 Å². The van der Waals surface area contributed by atoms with Crippen LogP contribution in [0.4, 0.5) is 0 Å². The van der Waals surface area contributed by atoms with Crippen molar-refractivity contribution < 1.29 is 17.9 Å². The lowest BCUT2D eigenvalue weighted by atomic mass is 10.1. The van der Waals surface area contributed by atoms with Crippen LogP contribution in [0.5, 0.6) is 0 Å². The number of sulfonamides is 1. The van der Waals surface area contributed by atoms with E-state index < -0.39 is 10.0 Å². The van der Waals surface area contributed by atoms with Gasteiger partial charge in [-0.15, -0.1) is 0 Å². The summed E-state index contributed by atoms with van der Waals surface area (Å²) in [5.41, 5.74) is 1.65. The van der Waals surface area contributed by atoms with Crippen LogP contribution in [0.15, 0.2) is 48.8 Å². The molecule has 0 radical (unpaired) electrons. The molecule has 8 heteroatoms. The largest absolute Gasteiger partial charge is 0.619 e. The molecular weight excluding hydrogens is 306 g/mol. The van der Waals surface area contributed by atoms with E-state index >= 15 is 0 Å². The molecule has 0 aliphatic rings. The van der Waals surface area contributed by atoms with Crippen LogP contribution in [0.25, 0.3) is 0 Å². The minimum absolute atomic E-state index is 0.229. The Hall–Kier alpha value is -2.45. The fourth-order valence-corrected chi connectivity index (χ4v) is 2.52. The van der Waals surface area contributed by atoms with E-state index in [9.17, 15) is 18.4 Å². The average molecular weight is 321 g/mol. The summed E-state index contributed by atoms with van der Waals surface area (Å²) in [5, 5.41) is 18.7. The van der Waals surface area contributed by atoms with E-state index in [1.807, 2.05) is 0 Å². The molecule has 116 valence electrons. The monoisotopic (exact) mass is 321 g/mol. The SMILES string of the molecule is NS(=O)(=O)Cc1ccc(CNC(=O)c2ccc[n+]([O-])c2)cc1. The van der Waals surface area contributed by atoms with E-state index in [0.717, 1.165) is 5.56 Å². The van der Waals surface area contributed by atoms with Crippen LogP contribution in [-0.4, -0.2) is 14.3 Å². The van der Waals surface area contributed by atoms with Crippen molar-refractivity contribution in [1.29, 1.82) is 0 Å². The second kappa shape index (κ2) is 6.54. The van der Waals surface area contributed by atoms with E-state index in [1.165, 1.54) is 18.5 Å². The predicted octanol–water partition coefficient (Wildman–Crippen LogP) is 0.0385. The molecule has 0 saturated heterocycles. The molecular formula is C14H15N3O4S. The summed E-state index contributed by atoms with van der Waals surface area (Å²) in [7, 11) is -3.56. The molecule has 0 spiro atoms. The number of hydrogen-bond acceptors (Lipinski definition) is 4. The zero-order chi connectivity index (χ0) is 16.2. The van der Waals surface area contributed by atoms with Crippen LogP contribution in [0, 0.1) is 5.21 Å². The third-order valence-electron chi connectivity index (χ3n) is 2.88. The fourth-order valence-electron chi connectivity index (χ4n) is 1.86. The van der Waals surface area contributed by atoms with Gasteiger partial charge in [0.1, 0.15) is 5.56 Å². The summed E-state index contributed by atoms with van der Waals surface area (Å²) in [6.45, 7) is 0.266. The first kappa shape index (κ1) is 15.9. The van der Waals surface area contributed by atoms with Gasteiger partial charge in [0.2, 0.25) is 10.0 Å². The van der Waals surface area contributed by atoms with Gasteiger partial charge >= 0.3 is 0 Å². The maximum Gasteiger partial charge on any atom is 0.257 e. The number of nitrogens with one attached hydrogen (secondary N) is 1. The lowest BCUT2D eigenvalue weighted by Gasteiger charge is -2.06. The minimum Gasteiger partial charge on any atom is -0.619 e. The van der Waals surface area contributed by atoms with E-state index in [0.29, 0.717) is 10.3 Å². The molecule has 22 heavy (non-hydrogen) atoms. The van der Waals surface area contributed by atoms with Crippen LogP contribution in [0.3, 0.4) is 0 Å². The van der Waals surface area contributed by atoms with Gasteiger partial charge in [0.05, 0.1) is 5.75 Å². The van der Waals surface area contributed by atoms with Crippen molar-refractivity contribution in [2.45, 2.75) is 12.3 Å². The Kier molecular flexibility index (Phi) is 4.74. The maximum atomic E-state index is 11.9. The molecule has 2 aromatic rings. The summed E-state index contributed by atoms with van der Waals surface area (Å²) in [6, 6.07) is 9.72. The van der Waals surface area contributed by atoms with Gasteiger partial charge in [-0.2, -0.15) is 4.73 Å². The fraction of sp³-hybridized carbons (Fsp3) is 0.143. The molecule has 0 aliphatic carbocycles. The zero-order valence-electron chi connectivity index (χ0n) is 11.6. The number of aromatic nitrogens is 1. The molecule has 1 aromatic carbocycles. The minimum atomic E-state index is -3.56. The normalized spacial score (nSPS) is 11.1. The Labute approximate surface area is 128 Å². The Balaban J connectivity index is 1.96. The number of benzene rings is 1. The standard InChI is InChI=1S/C14H15N3O4S/c15-22(20,21)10-12-5-3-11(4-6-12)8-16-14(18)13-2-1-7-17(19)9-13/h1-7,9H,8,10H2,(H,16,18)(H2,15,20,21). The van der Waals surface area contributed by atoms with Crippen LogP contribution >= 0.6 is 0 Å². The smallest absolute Gasteiger partial charge is 0.257 e. The summed E-state index contributed by atoms with van der Waals surface area (Å²) in [5.74, 6) is -0.591. The van der Waals surface area contributed by atoms with Gasteiger partial charge in [-0.1, -0.05) is 24.3 Å². The Bertz CT molecular complexity index is 773. The van der Waals surface area contributed by atoms with Gasteiger partial charge in [0.25, 0.3) is 5.91 Å². The van der Waals surface area contributed by atoms with Gasteiger partial charge < -0.3 is 10.5 Å². The Morgan fingerprint density at radius 3 is 2.41 bits per heavy atom. The van der Waals surface area contributed by atoms with Crippen molar-refractivity contribution in [2.24, 2.45) is 5.14 Å². The summed E-state index contributed by atoms with van der Waals surface area (Å²) in [6.07, 6.45) is 2.48. The van der Waals surface area contributed by atoms with Crippen LogP contribution in [0.1, 0.15) is 21.5 Å². The van der Waals surface area contributed by atoms with Crippen molar-refractivity contribution in [3.8, 4) is 0 Å². The Morgan fingerprint density at radius 1 is 1.18 bits per heavy atom. The maximum absolute atomic E-state index is 11.9. The first-order chi connectivity index (χ1) is 10.3. The number of nitrogens with two attached hydrogens (primary N) is 1. The number of carbonyl (C=O) groups excluding carboxylic acids is 1. The number of rotatable bonds is 5. The van der Waals surface area contributed by atoms with Crippen molar-refractivity contribution in [3.05, 3.63) is 70.7 Å². The van der Waals surface area contributed by atoms with Crippen LogP contribution in [-0.2, 0) is 22.3 Å². The van der Waals surface area contributed by atoms with Gasteiger partial charge in [0, 0.05) is 12.6 Å². The van der Waals surface area contributed by atoms with Crippen molar-refractivity contribution in [1.82, 2.24) is 5.32 Å². The molecule has 0 fully saturated rings. The number of pyridine rings is 1. The first-order valence-electron chi connectivity index (χ1n) is 6.39. The van der Waals surface area contributed by atoms with E-state index in [-0.39, 0.29) is 23.8 Å². The number of carbonyl (C=O) groups is 1. The highest BCUT2D eigenvalue weighted by molar-refractivity contribution is 7.88. The molecule has 0 saturated carbocycles. The summed E-state index contributed by atoms with van der Waals surface area (Å²) in [4.78, 5) is 11.9. The van der Waals surface area contributed by atoms with Crippen molar-refractivity contribution in [2.75, 3.05) is 0 Å². The molecule has 7 nitrogen and oxygen atoms in total. The second-order valence-corrected chi connectivity index (χ2v) is 6.37. The topological polar surface area (TPSA) is 116 Å². The first-order valence-corrected chi connectivity index (χ1v) is 8.10. The van der Waals surface area contributed by atoms with Gasteiger partial charge in [-0.05, 0) is 17.2 Å². The summed E-state index contributed by atoms with van der Waals surface area (Å²) >= 11 is 0. The van der Waals surface area contributed by atoms with Crippen molar-refractivity contribution in [3.63, 3.8) is 0 Å². The van der Waals surface area contributed by atoms with E-state index in [4.69, 9.17) is 5.14 Å². The second-order valence-electron chi connectivity index (χ2n) is 4.76. The van der Waals surface area contributed by atoms with Gasteiger partial charge in [0.15, 0.2) is 12.4 Å². The molecule has 1 aromatic heterocycles. The number of hydrogen-bond donors (Lipinski definition) is 2. The third kappa shape index (κ3) is 4.83. The molecule has 0 unspecified atom stereocenters. The average Bonchev–Trinajstić information content (AvgIpc) is 2.44. The molecule has 0 bridgehead atoms. The molecule has 0 atom stereocenters. The lowest BCUT2D eigenvalue weighted by Crippen LogP contribution is -2.29. The predicted molar refractivity (Wildman–Crippen MR) is 79.8 cm³/mol. The molecule has 1 amide bonds. The van der Waals surface area contributed by atoms with Gasteiger partial charge in [-0.3, -0.25) is 4.79 Å². The van der Waals surface area contributed by atoms with Gasteiger partial charge in [-0.25, -0.2) is 13.6 Å². The molecule has 1 heterocycles. The summed E-state index contributed by atoms with van der Waals surface area (Å²) < 4.78 is 22.5. The molecule has 2 rings (SSSR count). The number of nitrogens with zero attached hydrogens (tertiary/aromatic N) is 1. The Morgan fingerprint density at radius 2 is 1.82 bits per heavy atom. The lowest BCUT2D eigenvalue weighted by molar-refractivity contribution is -0.605. The van der Waals surface area contributed by atoms with E-state index in [2.05, 4.69) is 5.32 Å². The van der Waals surface area contributed by atoms with Crippen molar-refractivity contribution >= 4 is 15.9 Å².